The van der Waals surface area contributed by atoms with Crippen molar-refractivity contribution in [3.8, 4) is 0 Å². The molecule has 0 saturated heterocycles. The van der Waals surface area contributed by atoms with Gasteiger partial charge in [-0.15, -0.1) is 0 Å². The molecule has 322 valence electrons. The van der Waals surface area contributed by atoms with Crippen molar-refractivity contribution in [2.75, 3.05) is 26.9 Å². The van der Waals surface area contributed by atoms with Crippen molar-refractivity contribution >= 4 is 22.3 Å². The van der Waals surface area contributed by atoms with Crippen LogP contribution in [0.5, 0.6) is 0 Å². The highest BCUT2D eigenvalue weighted by atomic mass is 32.3. The Hall–Kier alpha value is -1.23. The third kappa shape index (κ3) is 35.2. The van der Waals surface area contributed by atoms with Gasteiger partial charge in [-0.05, 0) is 12.8 Å². The number of carbonyl (C=O) groups is 2. The summed E-state index contributed by atoms with van der Waals surface area (Å²) >= 11 is 0. The van der Waals surface area contributed by atoms with Crippen LogP contribution in [-0.2, 0) is 37.8 Å². The lowest BCUT2D eigenvalue weighted by molar-refractivity contribution is -0.146. The topological polar surface area (TPSA) is 125 Å². The zero-order valence-electron chi connectivity index (χ0n) is 35.5. The number of carbonyl (C=O) groups excluding carboxylic acids is 2. The van der Waals surface area contributed by atoms with Crippen molar-refractivity contribution in [2.45, 2.75) is 244 Å². The van der Waals surface area contributed by atoms with Gasteiger partial charge in [-0.25, -0.2) is 4.18 Å². The van der Waals surface area contributed by atoms with Crippen LogP contribution in [0.15, 0.2) is 0 Å². The minimum absolute atomic E-state index is 0.0113. The summed E-state index contributed by atoms with van der Waals surface area (Å²) in [4.78, 5) is 24.8. The summed E-state index contributed by atoms with van der Waals surface area (Å²) in [6, 6.07) is 0. The van der Waals surface area contributed by atoms with E-state index in [1.54, 1.807) is 0 Å². The third-order valence-corrected chi connectivity index (χ3v) is 11.6. The number of aliphatic hydroxyl groups excluding tert-OH is 1. The maximum Gasteiger partial charge on any atom is 0.400 e. The Bertz CT molecular complexity index is 888. The first-order chi connectivity index (χ1) is 26.2. The van der Waals surface area contributed by atoms with Crippen LogP contribution < -0.4 is 0 Å². The molecule has 0 rings (SSSR count). The van der Waals surface area contributed by atoms with Crippen molar-refractivity contribution in [1.82, 2.24) is 0 Å². The van der Waals surface area contributed by atoms with Crippen LogP contribution >= 0.6 is 0 Å². The first kappa shape index (κ1) is 52.8. The minimum Gasteiger partial charge on any atom is -0.466 e. The SMILES string of the molecule is CCCCCCCCCCCCCCCCCC(=O)OCCC(CCO)(CCOC(=O)CCCCCCCCCCCCCCCCC)OS(=O)(=O)OC. The molecule has 0 aliphatic rings. The van der Waals surface area contributed by atoms with Gasteiger partial charge in [0.1, 0.15) is 0 Å². The van der Waals surface area contributed by atoms with Crippen LogP contribution in [0.3, 0.4) is 0 Å². The molecule has 0 fully saturated rings. The highest BCUT2D eigenvalue weighted by Gasteiger charge is 2.37. The minimum atomic E-state index is -4.37. The molecule has 0 unspecified atom stereocenters. The zero-order valence-corrected chi connectivity index (χ0v) is 36.3. The van der Waals surface area contributed by atoms with E-state index in [0.717, 1.165) is 45.6 Å². The van der Waals surface area contributed by atoms with Gasteiger partial charge in [0.25, 0.3) is 0 Å². The van der Waals surface area contributed by atoms with E-state index in [0.29, 0.717) is 12.8 Å². The van der Waals surface area contributed by atoms with Gasteiger partial charge in [-0.1, -0.05) is 194 Å². The summed E-state index contributed by atoms with van der Waals surface area (Å²) in [5.74, 6) is -0.681. The van der Waals surface area contributed by atoms with E-state index < -0.39 is 16.0 Å². The molecule has 10 heteroatoms. The van der Waals surface area contributed by atoms with Gasteiger partial charge in [-0.3, -0.25) is 13.8 Å². The van der Waals surface area contributed by atoms with Crippen molar-refractivity contribution < 1.29 is 41.0 Å². The number of esters is 2. The summed E-state index contributed by atoms with van der Waals surface area (Å²) < 4.78 is 45.3. The maximum absolute atomic E-state index is 12.4. The lowest BCUT2D eigenvalue weighted by atomic mass is 9.93. The van der Waals surface area contributed by atoms with Crippen LogP contribution in [0.4, 0.5) is 0 Å². The number of ether oxygens (including phenoxy) is 2. The molecule has 0 aromatic rings. The van der Waals surface area contributed by atoms with Gasteiger partial charge in [0.2, 0.25) is 0 Å². The molecular formula is C44H86O9S. The Morgan fingerprint density at radius 1 is 0.463 bits per heavy atom. The van der Waals surface area contributed by atoms with Crippen molar-refractivity contribution in [3.63, 3.8) is 0 Å². The third-order valence-electron chi connectivity index (χ3n) is 10.7. The van der Waals surface area contributed by atoms with Gasteiger partial charge in [-0.2, -0.15) is 8.42 Å². The van der Waals surface area contributed by atoms with E-state index in [9.17, 15) is 23.1 Å². The van der Waals surface area contributed by atoms with Crippen LogP contribution in [0.25, 0.3) is 0 Å². The van der Waals surface area contributed by atoms with Gasteiger partial charge >= 0.3 is 22.3 Å². The maximum atomic E-state index is 12.4. The van der Waals surface area contributed by atoms with Gasteiger partial charge in [0, 0.05) is 38.7 Å². The molecule has 1 N–H and O–H groups in total. The van der Waals surface area contributed by atoms with E-state index in [2.05, 4.69) is 18.0 Å². The molecule has 0 saturated carbocycles. The molecule has 0 heterocycles. The highest BCUT2D eigenvalue weighted by Crippen LogP contribution is 2.29. The molecule has 0 amide bonds. The molecule has 0 aromatic heterocycles. The average molecular weight is 791 g/mol. The Labute approximate surface area is 333 Å². The Morgan fingerprint density at radius 2 is 0.741 bits per heavy atom. The Kier molecular flexibility index (Phi) is 37.8. The Morgan fingerprint density at radius 3 is 1.00 bits per heavy atom. The van der Waals surface area contributed by atoms with Crippen LogP contribution in [0.2, 0.25) is 0 Å². The standard InChI is InChI=1S/C44H86O9S/c1-4-6-8-10-12-14-16-18-20-22-24-26-28-30-32-34-42(46)51-40-37-44(36-39-45,53-54(48,49)50-3)38-41-52-43(47)35-33-31-29-27-25-23-21-19-17-15-13-11-9-7-5-2/h45H,4-41H2,1-3H3. The fourth-order valence-electron chi connectivity index (χ4n) is 7.08. The highest BCUT2D eigenvalue weighted by molar-refractivity contribution is 7.81. The van der Waals surface area contributed by atoms with E-state index in [-0.39, 0.29) is 51.0 Å². The van der Waals surface area contributed by atoms with Crippen molar-refractivity contribution in [2.24, 2.45) is 0 Å². The molecule has 0 aromatic carbocycles. The predicted octanol–water partition coefficient (Wildman–Crippen LogP) is 12.4. The van der Waals surface area contributed by atoms with Crippen LogP contribution in [-0.4, -0.2) is 58.0 Å². The zero-order chi connectivity index (χ0) is 39.9. The molecule has 0 aliphatic heterocycles. The van der Waals surface area contributed by atoms with Crippen molar-refractivity contribution in [1.29, 1.82) is 0 Å². The molecule has 0 radical (unpaired) electrons. The van der Waals surface area contributed by atoms with Gasteiger partial charge < -0.3 is 14.6 Å². The summed E-state index contributed by atoms with van der Waals surface area (Å²) in [6.45, 7) is 3.99. The summed E-state index contributed by atoms with van der Waals surface area (Å²) in [7, 11) is -3.37. The quantitative estimate of drug-likeness (QED) is 0.0474. The second kappa shape index (κ2) is 38.6. The first-order valence-corrected chi connectivity index (χ1v) is 24.0. The van der Waals surface area contributed by atoms with Gasteiger partial charge in [0.05, 0.1) is 25.9 Å². The summed E-state index contributed by atoms with van der Waals surface area (Å²) in [5, 5.41) is 9.76. The Balaban J connectivity index is 4.20. The predicted molar refractivity (Wildman–Crippen MR) is 222 cm³/mol. The van der Waals surface area contributed by atoms with Crippen LogP contribution in [0.1, 0.15) is 239 Å². The molecule has 0 aliphatic carbocycles. The lowest BCUT2D eigenvalue weighted by Crippen LogP contribution is -2.39. The second-order valence-corrected chi connectivity index (χ2v) is 17.0. The second-order valence-electron chi connectivity index (χ2n) is 15.7. The average Bonchev–Trinajstić information content (AvgIpc) is 3.14. The number of rotatable bonds is 43. The molecule has 54 heavy (non-hydrogen) atoms. The monoisotopic (exact) mass is 791 g/mol. The van der Waals surface area contributed by atoms with E-state index in [1.807, 2.05) is 0 Å². The molecule has 0 bridgehead atoms. The largest absolute Gasteiger partial charge is 0.466 e. The molecule has 0 spiro atoms. The van der Waals surface area contributed by atoms with Gasteiger partial charge in [0.15, 0.2) is 0 Å². The summed E-state index contributed by atoms with van der Waals surface area (Å²) in [6.07, 6.45) is 38.1. The summed E-state index contributed by atoms with van der Waals surface area (Å²) in [5.41, 5.74) is -1.44. The van der Waals surface area contributed by atoms with Crippen molar-refractivity contribution in [3.05, 3.63) is 0 Å². The van der Waals surface area contributed by atoms with E-state index in [4.69, 9.17) is 13.7 Å². The van der Waals surface area contributed by atoms with E-state index >= 15 is 0 Å². The number of hydrogen-bond donors (Lipinski definition) is 1. The number of aliphatic hydroxyl groups is 1. The number of hydrogen-bond acceptors (Lipinski definition) is 9. The first-order valence-electron chi connectivity index (χ1n) is 22.7. The molecule has 9 nitrogen and oxygen atoms in total. The van der Waals surface area contributed by atoms with Crippen LogP contribution in [0, 0.1) is 0 Å². The smallest absolute Gasteiger partial charge is 0.400 e. The fraction of sp³-hybridized carbons (Fsp3) is 0.955. The number of unbranched alkanes of at least 4 members (excludes halogenated alkanes) is 28. The van der Waals surface area contributed by atoms with E-state index in [1.165, 1.54) is 154 Å². The molecule has 0 atom stereocenters. The molecular weight excluding hydrogens is 705 g/mol. The normalized spacial score (nSPS) is 12.0. The lowest BCUT2D eigenvalue weighted by Gasteiger charge is -2.31. The fourth-order valence-corrected chi connectivity index (χ4v) is 7.83.